The van der Waals surface area contributed by atoms with E-state index in [1.54, 1.807) is 0 Å². The average Bonchev–Trinajstić information content (AvgIpc) is 2.94. The van der Waals surface area contributed by atoms with Crippen LogP contribution >= 0.6 is 11.6 Å². The molecule has 0 spiro atoms. The van der Waals surface area contributed by atoms with Crippen molar-refractivity contribution in [2.75, 3.05) is 8.61 Å². The van der Waals surface area contributed by atoms with Crippen LogP contribution in [-0.4, -0.2) is 27.8 Å². The zero-order valence-corrected chi connectivity index (χ0v) is 23.8. The van der Waals surface area contributed by atoms with Gasteiger partial charge in [-0.1, -0.05) is 11.6 Å². The summed E-state index contributed by atoms with van der Waals surface area (Å²) in [7, 11) is -10.6. The number of hydrogen-bond donors (Lipinski definition) is 0. The molecule has 0 aliphatic carbocycles. The Morgan fingerprint density at radius 1 is 0.705 bits per heavy atom. The first-order chi connectivity index (χ1) is 20.4. The first kappa shape index (κ1) is 32.3. The molecule has 44 heavy (non-hydrogen) atoms. The van der Waals surface area contributed by atoms with Gasteiger partial charge >= 0.3 is 12.2 Å². The van der Waals surface area contributed by atoms with Crippen molar-refractivity contribution in [3.05, 3.63) is 123 Å². The van der Waals surface area contributed by atoms with Crippen LogP contribution in [0.5, 0.6) is 0 Å². The predicted octanol–water partition coefficient (Wildman–Crippen LogP) is 6.76. The van der Waals surface area contributed by atoms with E-state index in [-0.39, 0.29) is 14.7 Å². The molecule has 230 valence electrons. The number of alkyl halides is 3. The molecule has 18 heteroatoms. The Labute approximate surface area is 250 Å². The van der Waals surface area contributed by atoms with Gasteiger partial charge in [-0.2, -0.15) is 21.8 Å². The second-order valence-corrected chi connectivity index (χ2v) is 12.6. The van der Waals surface area contributed by atoms with Gasteiger partial charge in [-0.25, -0.2) is 30.4 Å². The average molecular weight is 676 g/mol. The molecule has 0 heterocycles. The largest absolute Gasteiger partial charge is 0.417 e. The lowest BCUT2D eigenvalue weighted by atomic mass is 10.2. The lowest BCUT2D eigenvalue weighted by molar-refractivity contribution is -0.384. The maximum absolute atomic E-state index is 14.2. The zero-order valence-electron chi connectivity index (χ0n) is 21.4. The summed E-state index contributed by atoms with van der Waals surface area (Å²) in [6.07, 6.45) is -5.17. The maximum Gasteiger partial charge on any atom is 0.417 e. The van der Waals surface area contributed by atoms with E-state index in [1.165, 1.54) is 0 Å². The molecular formula is C26H15ClF5N3O7S2. The number of anilines is 2. The van der Waals surface area contributed by atoms with Gasteiger partial charge in [0.2, 0.25) is 0 Å². The minimum Gasteiger partial charge on any atom is -0.258 e. The summed E-state index contributed by atoms with van der Waals surface area (Å²) in [6, 6.07) is 8.10. The summed E-state index contributed by atoms with van der Waals surface area (Å²) in [4.78, 5) is 22.9. The van der Waals surface area contributed by atoms with Gasteiger partial charge in [-0.3, -0.25) is 10.1 Å². The van der Waals surface area contributed by atoms with Gasteiger partial charge in [0.15, 0.2) is 0 Å². The Kier molecular flexibility index (Phi) is 8.68. The highest BCUT2D eigenvalue weighted by atomic mass is 35.5. The van der Waals surface area contributed by atoms with Gasteiger partial charge in [0.1, 0.15) is 11.6 Å². The van der Waals surface area contributed by atoms with E-state index in [4.69, 9.17) is 11.6 Å². The fourth-order valence-corrected chi connectivity index (χ4v) is 6.80. The molecule has 0 unspecified atom stereocenters. The number of benzene rings is 4. The number of carbonyl (C=O) groups excluding carboxylic acids is 1. The molecule has 0 saturated carbocycles. The van der Waals surface area contributed by atoms with Crippen molar-refractivity contribution in [2.24, 2.45) is 0 Å². The van der Waals surface area contributed by atoms with E-state index in [0.29, 0.717) is 48.5 Å². The van der Waals surface area contributed by atoms with Crippen molar-refractivity contribution in [1.82, 2.24) is 0 Å². The zero-order chi connectivity index (χ0) is 32.6. The highest BCUT2D eigenvalue weighted by molar-refractivity contribution is 7.95. The van der Waals surface area contributed by atoms with Gasteiger partial charge in [0.25, 0.3) is 25.7 Å². The monoisotopic (exact) mass is 675 g/mol. The third kappa shape index (κ3) is 6.34. The minimum absolute atomic E-state index is 0.146. The summed E-state index contributed by atoms with van der Waals surface area (Å²) >= 11 is 5.67. The summed E-state index contributed by atoms with van der Waals surface area (Å²) in [5.41, 5.74) is -3.87. The molecule has 0 radical (unpaired) electrons. The lowest BCUT2D eigenvalue weighted by Crippen LogP contribution is -2.49. The fraction of sp³-hybridized carbons (Fsp3) is 0.0385. The van der Waals surface area contributed by atoms with Crippen LogP contribution in [0.3, 0.4) is 0 Å². The smallest absolute Gasteiger partial charge is 0.258 e. The number of urea groups is 1. The second-order valence-electron chi connectivity index (χ2n) is 8.66. The molecule has 0 saturated heterocycles. The lowest BCUT2D eigenvalue weighted by Gasteiger charge is -2.30. The molecule has 2 amide bonds. The number of rotatable bonds is 7. The summed E-state index contributed by atoms with van der Waals surface area (Å²) in [6.45, 7) is 0. The van der Waals surface area contributed by atoms with Crippen LogP contribution in [0.1, 0.15) is 5.56 Å². The summed E-state index contributed by atoms with van der Waals surface area (Å²) in [5, 5.41) is 10.3. The fourth-order valence-electron chi connectivity index (χ4n) is 3.78. The quantitative estimate of drug-likeness (QED) is 0.120. The highest BCUT2D eigenvalue weighted by Gasteiger charge is 2.42. The van der Waals surface area contributed by atoms with E-state index in [9.17, 15) is 53.7 Å². The molecule has 0 aromatic heterocycles. The molecule has 0 N–H and O–H groups in total. The molecule has 0 bridgehead atoms. The van der Waals surface area contributed by atoms with E-state index in [2.05, 4.69) is 0 Å². The molecule has 4 aromatic carbocycles. The van der Waals surface area contributed by atoms with Gasteiger partial charge in [-0.05, 0) is 78.9 Å². The van der Waals surface area contributed by atoms with E-state index < -0.39 is 86.3 Å². The Balaban J connectivity index is 2.04. The molecule has 0 aliphatic rings. The number of halogens is 6. The molecule has 0 fully saturated rings. The number of nitrogens with zero attached hydrogens (tertiary/aromatic N) is 3. The van der Waals surface area contributed by atoms with E-state index in [1.807, 2.05) is 0 Å². The SMILES string of the molecule is O=C(N(c1ccc([N+](=O)[O-])cc1)S(=O)(=O)c1ccc(F)cc1)N(c1ccc(Cl)c(C(F)(F)F)c1)S(=O)(=O)c1ccc(F)cc1. The third-order valence-corrected chi connectivity index (χ3v) is 9.60. The summed E-state index contributed by atoms with van der Waals surface area (Å²) < 4.78 is 123. The van der Waals surface area contributed by atoms with E-state index >= 15 is 0 Å². The Hall–Kier alpha value is -4.61. The van der Waals surface area contributed by atoms with Gasteiger partial charge in [0.05, 0.1) is 36.7 Å². The number of sulfonamides is 2. The third-order valence-electron chi connectivity index (χ3n) is 5.84. The van der Waals surface area contributed by atoms with Gasteiger partial charge in [-0.15, -0.1) is 0 Å². The van der Waals surface area contributed by atoms with Gasteiger partial charge < -0.3 is 0 Å². The van der Waals surface area contributed by atoms with Crippen LogP contribution in [0.25, 0.3) is 0 Å². The molecular weight excluding hydrogens is 661 g/mol. The van der Waals surface area contributed by atoms with Crippen LogP contribution in [0.2, 0.25) is 5.02 Å². The van der Waals surface area contributed by atoms with Gasteiger partial charge in [0, 0.05) is 12.1 Å². The van der Waals surface area contributed by atoms with Crippen molar-refractivity contribution >= 4 is 54.7 Å². The Morgan fingerprint density at radius 3 is 1.52 bits per heavy atom. The second kappa shape index (κ2) is 11.8. The summed E-state index contributed by atoms with van der Waals surface area (Å²) in [5.74, 6) is -1.81. The van der Waals surface area contributed by atoms with Crippen molar-refractivity contribution in [3.63, 3.8) is 0 Å². The number of amides is 2. The minimum atomic E-state index is -5.34. The van der Waals surface area contributed by atoms with Crippen LogP contribution in [0.15, 0.2) is 101 Å². The van der Waals surface area contributed by atoms with Crippen LogP contribution in [0.4, 0.5) is 43.8 Å². The number of nitro groups is 1. The normalized spacial score (nSPS) is 12.0. The topological polar surface area (TPSA) is 135 Å². The number of non-ortho nitro benzene ring substituents is 1. The van der Waals surface area contributed by atoms with Crippen molar-refractivity contribution in [3.8, 4) is 0 Å². The van der Waals surface area contributed by atoms with Crippen LogP contribution in [0, 0.1) is 21.7 Å². The number of carbonyl (C=O) groups is 1. The molecule has 0 atom stereocenters. The standard InChI is InChI=1S/C26H15ClF5N3O7S2/c27-24-14-9-20(15-23(24)26(30,31)32)34(44(41,42)22-12-3-17(29)4-13-22)25(36)33(18-5-7-19(8-6-18)35(37)38)43(39,40)21-10-1-16(28)2-11-21/h1-15H. The van der Waals surface area contributed by atoms with Crippen LogP contribution in [-0.2, 0) is 26.2 Å². The predicted molar refractivity (Wildman–Crippen MR) is 147 cm³/mol. The van der Waals surface area contributed by atoms with Crippen molar-refractivity contribution in [2.45, 2.75) is 16.0 Å². The first-order valence-electron chi connectivity index (χ1n) is 11.7. The molecule has 4 aromatic rings. The Bertz CT molecular complexity index is 1960. The number of hydrogen-bond acceptors (Lipinski definition) is 7. The highest BCUT2D eigenvalue weighted by Crippen LogP contribution is 2.39. The maximum atomic E-state index is 14.2. The molecule has 4 rings (SSSR count). The van der Waals surface area contributed by atoms with Crippen molar-refractivity contribution < 1.29 is 48.5 Å². The Morgan fingerprint density at radius 2 is 1.11 bits per heavy atom. The number of nitro benzene ring substituents is 1. The molecule has 0 aliphatic heterocycles. The first-order valence-corrected chi connectivity index (χ1v) is 15.0. The molecule has 10 nitrogen and oxygen atoms in total. The van der Waals surface area contributed by atoms with Crippen molar-refractivity contribution in [1.29, 1.82) is 0 Å². The van der Waals surface area contributed by atoms with E-state index in [0.717, 1.165) is 36.4 Å². The van der Waals surface area contributed by atoms with Crippen LogP contribution < -0.4 is 8.61 Å².